The standard InChI is InChI=1S/C6H13O2P/c1-6-3-4-9(7,5-6)8-2/h6H,3-5H2,1-2H3/t6-,9?/m1/s1. The summed E-state index contributed by atoms with van der Waals surface area (Å²) in [5.41, 5.74) is 0. The van der Waals surface area contributed by atoms with Crippen LogP contribution in [0.5, 0.6) is 0 Å². The van der Waals surface area contributed by atoms with Crippen LogP contribution >= 0.6 is 7.37 Å². The predicted octanol–water partition coefficient (Wildman–Crippen LogP) is 1.95. The van der Waals surface area contributed by atoms with Gasteiger partial charge in [-0.05, 0) is 12.3 Å². The molecule has 1 rings (SSSR count). The third kappa shape index (κ3) is 1.56. The van der Waals surface area contributed by atoms with Crippen molar-refractivity contribution < 1.29 is 9.09 Å². The molecule has 2 nitrogen and oxygen atoms in total. The van der Waals surface area contributed by atoms with Crippen molar-refractivity contribution >= 4 is 7.37 Å². The first-order chi connectivity index (χ1) is 4.16. The Bertz CT molecular complexity index is 144. The van der Waals surface area contributed by atoms with E-state index in [-0.39, 0.29) is 0 Å². The second-order valence-corrected chi connectivity index (χ2v) is 5.60. The van der Waals surface area contributed by atoms with Gasteiger partial charge in [-0.1, -0.05) is 6.92 Å². The van der Waals surface area contributed by atoms with E-state index in [0.717, 1.165) is 18.7 Å². The summed E-state index contributed by atoms with van der Waals surface area (Å²) in [6, 6.07) is 0. The first-order valence-electron chi connectivity index (χ1n) is 3.30. The Morgan fingerprint density at radius 1 is 1.67 bits per heavy atom. The minimum Gasteiger partial charge on any atom is -0.332 e. The first-order valence-corrected chi connectivity index (χ1v) is 5.29. The average Bonchev–Trinajstić information content (AvgIpc) is 2.13. The van der Waals surface area contributed by atoms with Crippen molar-refractivity contribution in [2.45, 2.75) is 13.3 Å². The van der Waals surface area contributed by atoms with Gasteiger partial charge in [-0.15, -0.1) is 0 Å². The molecule has 1 fully saturated rings. The molecule has 0 N–H and O–H groups in total. The molecular weight excluding hydrogens is 135 g/mol. The fourth-order valence-electron chi connectivity index (χ4n) is 1.24. The molecule has 0 amide bonds. The van der Waals surface area contributed by atoms with Gasteiger partial charge in [-0.25, -0.2) is 0 Å². The minimum absolute atomic E-state index is 0.607. The third-order valence-corrected chi connectivity index (χ3v) is 4.67. The van der Waals surface area contributed by atoms with Crippen molar-refractivity contribution in [1.82, 2.24) is 0 Å². The Hall–Kier alpha value is 0.190. The zero-order valence-electron chi connectivity index (χ0n) is 5.96. The largest absolute Gasteiger partial charge is 0.332 e. The number of hydrogen-bond donors (Lipinski definition) is 0. The lowest BCUT2D eigenvalue weighted by atomic mass is 10.2. The maximum absolute atomic E-state index is 11.4. The van der Waals surface area contributed by atoms with Crippen LogP contribution in [-0.2, 0) is 9.09 Å². The van der Waals surface area contributed by atoms with Gasteiger partial charge in [-0.2, -0.15) is 0 Å². The highest BCUT2D eigenvalue weighted by molar-refractivity contribution is 7.59. The smallest absolute Gasteiger partial charge is 0.203 e. The van der Waals surface area contributed by atoms with Gasteiger partial charge in [-0.3, -0.25) is 4.57 Å². The van der Waals surface area contributed by atoms with Gasteiger partial charge >= 0.3 is 0 Å². The van der Waals surface area contributed by atoms with E-state index < -0.39 is 7.37 Å². The van der Waals surface area contributed by atoms with Crippen LogP contribution in [0.4, 0.5) is 0 Å². The van der Waals surface area contributed by atoms with Crippen molar-refractivity contribution in [1.29, 1.82) is 0 Å². The third-order valence-electron chi connectivity index (χ3n) is 1.89. The molecule has 1 aliphatic rings. The molecule has 0 saturated carbocycles. The summed E-state index contributed by atoms with van der Waals surface area (Å²) in [4.78, 5) is 0. The van der Waals surface area contributed by atoms with Gasteiger partial charge in [0, 0.05) is 19.4 Å². The van der Waals surface area contributed by atoms with E-state index in [1.165, 1.54) is 0 Å². The van der Waals surface area contributed by atoms with E-state index in [4.69, 9.17) is 4.52 Å². The predicted molar refractivity (Wildman–Crippen MR) is 38.1 cm³/mol. The highest BCUT2D eigenvalue weighted by Crippen LogP contribution is 2.54. The van der Waals surface area contributed by atoms with Crippen LogP contribution in [0.25, 0.3) is 0 Å². The average molecular weight is 148 g/mol. The van der Waals surface area contributed by atoms with Gasteiger partial charge < -0.3 is 4.52 Å². The van der Waals surface area contributed by atoms with Gasteiger partial charge in [0.15, 0.2) is 0 Å². The Labute approximate surface area is 56.0 Å². The molecule has 0 aromatic rings. The molecule has 0 aliphatic carbocycles. The second kappa shape index (κ2) is 2.43. The van der Waals surface area contributed by atoms with Gasteiger partial charge in [0.25, 0.3) is 0 Å². The zero-order valence-corrected chi connectivity index (χ0v) is 6.86. The second-order valence-electron chi connectivity index (χ2n) is 2.80. The summed E-state index contributed by atoms with van der Waals surface area (Å²) >= 11 is 0. The topological polar surface area (TPSA) is 26.3 Å². The van der Waals surface area contributed by atoms with Crippen LogP contribution in [0, 0.1) is 5.92 Å². The highest BCUT2D eigenvalue weighted by atomic mass is 31.2. The fourth-order valence-corrected chi connectivity index (χ4v) is 3.72. The van der Waals surface area contributed by atoms with E-state index >= 15 is 0 Å². The molecule has 0 radical (unpaired) electrons. The van der Waals surface area contributed by atoms with E-state index in [1.54, 1.807) is 7.11 Å². The fraction of sp³-hybridized carbons (Fsp3) is 1.00. The molecular formula is C6H13O2P. The molecule has 9 heavy (non-hydrogen) atoms. The Morgan fingerprint density at radius 3 is 2.56 bits per heavy atom. The van der Waals surface area contributed by atoms with Crippen LogP contribution in [0.15, 0.2) is 0 Å². The maximum atomic E-state index is 11.4. The molecule has 0 aromatic heterocycles. The molecule has 3 heteroatoms. The monoisotopic (exact) mass is 148 g/mol. The molecule has 1 saturated heterocycles. The van der Waals surface area contributed by atoms with E-state index in [1.807, 2.05) is 0 Å². The van der Waals surface area contributed by atoms with Gasteiger partial charge in [0.1, 0.15) is 0 Å². The maximum Gasteiger partial charge on any atom is 0.203 e. The Morgan fingerprint density at radius 2 is 2.33 bits per heavy atom. The van der Waals surface area contributed by atoms with Crippen LogP contribution < -0.4 is 0 Å². The normalized spacial score (nSPS) is 43.6. The van der Waals surface area contributed by atoms with E-state index in [9.17, 15) is 4.57 Å². The van der Waals surface area contributed by atoms with Crippen LogP contribution in [-0.4, -0.2) is 19.4 Å². The summed E-state index contributed by atoms with van der Waals surface area (Å²) in [7, 11) is -0.553. The summed E-state index contributed by atoms with van der Waals surface area (Å²) in [5, 5.41) is 0. The molecule has 0 bridgehead atoms. The Kier molecular flexibility index (Phi) is 1.97. The van der Waals surface area contributed by atoms with Gasteiger partial charge in [0.05, 0.1) is 0 Å². The first kappa shape index (κ1) is 7.30. The van der Waals surface area contributed by atoms with Crippen LogP contribution in [0.3, 0.4) is 0 Å². The minimum atomic E-state index is -2.11. The van der Waals surface area contributed by atoms with Crippen LogP contribution in [0.2, 0.25) is 0 Å². The summed E-state index contributed by atoms with van der Waals surface area (Å²) in [6.07, 6.45) is 2.67. The Balaban J connectivity index is 2.55. The molecule has 0 spiro atoms. The number of rotatable bonds is 1. The molecule has 1 heterocycles. The lowest BCUT2D eigenvalue weighted by Gasteiger charge is -2.06. The van der Waals surface area contributed by atoms with Crippen molar-refractivity contribution in [3.63, 3.8) is 0 Å². The lowest BCUT2D eigenvalue weighted by Crippen LogP contribution is -1.90. The number of hydrogen-bond acceptors (Lipinski definition) is 2. The highest BCUT2D eigenvalue weighted by Gasteiger charge is 2.31. The summed E-state index contributed by atoms with van der Waals surface area (Å²) < 4.78 is 16.3. The van der Waals surface area contributed by atoms with Crippen molar-refractivity contribution in [3.8, 4) is 0 Å². The molecule has 0 aromatic carbocycles. The summed E-state index contributed by atoms with van der Waals surface area (Å²) in [6.45, 7) is 2.12. The molecule has 54 valence electrons. The lowest BCUT2D eigenvalue weighted by molar-refractivity contribution is 0.398. The summed E-state index contributed by atoms with van der Waals surface area (Å²) in [5.74, 6) is 0.607. The zero-order chi connectivity index (χ0) is 6.91. The molecule has 1 aliphatic heterocycles. The molecule has 2 atom stereocenters. The van der Waals surface area contributed by atoms with Crippen molar-refractivity contribution in [2.24, 2.45) is 5.92 Å². The van der Waals surface area contributed by atoms with E-state index in [0.29, 0.717) is 5.92 Å². The van der Waals surface area contributed by atoms with Crippen molar-refractivity contribution in [3.05, 3.63) is 0 Å². The van der Waals surface area contributed by atoms with Gasteiger partial charge in [0.2, 0.25) is 7.37 Å². The SMILES string of the molecule is COP1(=O)CC[C@@H](C)C1. The van der Waals surface area contributed by atoms with E-state index in [2.05, 4.69) is 6.92 Å². The van der Waals surface area contributed by atoms with Crippen LogP contribution in [0.1, 0.15) is 13.3 Å². The molecule has 1 unspecified atom stereocenters. The quantitative estimate of drug-likeness (QED) is 0.531. The van der Waals surface area contributed by atoms with Crippen molar-refractivity contribution in [2.75, 3.05) is 19.4 Å².